The number of unbranched alkanes of at least 4 members (excludes halogenated alkanes) is 1. The average Bonchev–Trinajstić information content (AvgIpc) is 2.75. The van der Waals surface area contributed by atoms with E-state index in [0.717, 1.165) is 25.4 Å². The number of nitrogens with zero attached hydrogens (tertiary/aromatic N) is 3. The van der Waals surface area contributed by atoms with Crippen molar-refractivity contribution in [2.75, 3.05) is 13.1 Å². The van der Waals surface area contributed by atoms with E-state index in [1.165, 1.54) is 38.1 Å². The van der Waals surface area contributed by atoms with Crippen LogP contribution < -0.4 is 5.32 Å². The summed E-state index contributed by atoms with van der Waals surface area (Å²) in [6.45, 7) is 5.60. The van der Waals surface area contributed by atoms with Gasteiger partial charge in [0.2, 0.25) is 0 Å². The lowest BCUT2D eigenvalue weighted by atomic mass is 9.96. The number of aromatic nitrogens is 3. The highest BCUT2D eigenvalue weighted by Crippen LogP contribution is 2.15. The van der Waals surface area contributed by atoms with Crippen LogP contribution in [0.5, 0.6) is 0 Å². The van der Waals surface area contributed by atoms with Gasteiger partial charge in [-0.1, -0.05) is 13.3 Å². The zero-order valence-corrected chi connectivity index (χ0v) is 10.2. The van der Waals surface area contributed by atoms with E-state index < -0.39 is 0 Å². The Morgan fingerprint density at radius 1 is 1.56 bits per heavy atom. The fourth-order valence-corrected chi connectivity index (χ4v) is 2.31. The molecule has 4 nitrogen and oxygen atoms in total. The zero-order valence-electron chi connectivity index (χ0n) is 10.2. The molecule has 0 saturated carbocycles. The number of hydrogen-bond donors (Lipinski definition) is 1. The molecule has 1 aromatic heterocycles. The predicted molar refractivity (Wildman–Crippen MR) is 64.2 cm³/mol. The van der Waals surface area contributed by atoms with Crippen LogP contribution in [-0.2, 0) is 13.0 Å². The Morgan fingerprint density at radius 2 is 2.50 bits per heavy atom. The molecule has 0 radical (unpaired) electrons. The molecule has 90 valence electrons. The van der Waals surface area contributed by atoms with E-state index in [1.807, 2.05) is 6.33 Å². The van der Waals surface area contributed by atoms with Crippen LogP contribution in [0.25, 0.3) is 0 Å². The summed E-state index contributed by atoms with van der Waals surface area (Å²) in [5.41, 5.74) is 0. The smallest absolute Gasteiger partial charge is 0.133 e. The first-order chi connectivity index (χ1) is 7.90. The minimum absolute atomic E-state index is 0.748. The van der Waals surface area contributed by atoms with Crippen molar-refractivity contribution in [3.63, 3.8) is 0 Å². The Balaban J connectivity index is 1.89. The van der Waals surface area contributed by atoms with E-state index >= 15 is 0 Å². The summed E-state index contributed by atoms with van der Waals surface area (Å²) in [5, 5.41) is 11.7. The van der Waals surface area contributed by atoms with Crippen LogP contribution in [-0.4, -0.2) is 27.9 Å². The molecule has 0 bridgehead atoms. The third-order valence-electron chi connectivity index (χ3n) is 3.32. The highest BCUT2D eigenvalue weighted by atomic mass is 15.3. The van der Waals surface area contributed by atoms with Gasteiger partial charge in [-0.3, -0.25) is 0 Å². The quantitative estimate of drug-likeness (QED) is 0.823. The minimum atomic E-state index is 0.748. The molecule has 1 aliphatic heterocycles. The monoisotopic (exact) mass is 222 g/mol. The molecule has 1 unspecified atom stereocenters. The highest BCUT2D eigenvalue weighted by molar-refractivity contribution is 4.89. The van der Waals surface area contributed by atoms with Crippen molar-refractivity contribution in [2.24, 2.45) is 5.92 Å². The van der Waals surface area contributed by atoms with Gasteiger partial charge in [0.25, 0.3) is 0 Å². The maximum atomic E-state index is 4.25. The summed E-state index contributed by atoms with van der Waals surface area (Å²) >= 11 is 0. The van der Waals surface area contributed by atoms with E-state index in [1.54, 1.807) is 0 Å². The van der Waals surface area contributed by atoms with Crippen molar-refractivity contribution in [3.8, 4) is 0 Å². The maximum Gasteiger partial charge on any atom is 0.133 e. The summed E-state index contributed by atoms with van der Waals surface area (Å²) in [7, 11) is 0. The van der Waals surface area contributed by atoms with Crippen molar-refractivity contribution in [1.82, 2.24) is 20.1 Å². The molecule has 1 N–H and O–H groups in total. The second-order valence-electron chi connectivity index (χ2n) is 4.71. The molecule has 1 aliphatic rings. The molecular formula is C12H22N4. The van der Waals surface area contributed by atoms with Crippen LogP contribution >= 0.6 is 0 Å². The molecule has 0 spiro atoms. The SMILES string of the molecule is CCCCn1cnnc1CC1CCCNC1. The number of nitrogens with one attached hydrogen (secondary N) is 1. The largest absolute Gasteiger partial charge is 0.318 e. The topological polar surface area (TPSA) is 42.7 Å². The number of piperidine rings is 1. The molecule has 0 aromatic carbocycles. The van der Waals surface area contributed by atoms with Crippen LogP contribution in [0, 0.1) is 5.92 Å². The molecular weight excluding hydrogens is 200 g/mol. The first-order valence-corrected chi connectivity index (χ1v) is 6.47. The van der Waals surface area contributed by atoms with Gasteiger partial charge in [-0.25, -0.2) is 0 Å². The predicted octanol–water partition coefficient (Wildman–Crippen LogP) is 1.62. The van der Waals surface area contributed by atoms with Gasteiger partial charge in [-0.15, -0.1) is 10.2 Å². The van der Waals surface area contributed by atoms with Gasteiger partial charge in [0, 0.05) is 13.0 Å². The first kappa shape index (κ1) is 11.6. The lowest BCUT2D eigenvalue weighted by Crippen LogP contribution is -2.31. The van der Waals surface area contributed by atoms with Gasteiger partial charge in [0.05, 0.1) is 0 Å². The van der Waals surface area contributed by atoms with E-state index in [4.69, 9.17) is 0 Å². The third kappa shape index (κ3) is 3.04. The van der Waals surface area contributed by atoms with E-state index in [9.17, 15) is 0 Å². The van der Waals surface area contributed by atoms with Crippen LogP contribution in [0.4, 0.5) is 0 Å². The summed E-state index contributed by atoms with van der Waals surface area (Å²) < 4.78 is 2.22. The van der Waals surface area contributed by atoms with Gasteiger partial charge < -0.3 is 9.88 Å². The Morgan fingerprint density at radius 3 is 3.25 bits per heavy atom. The van der Waals surface area contributed by atoms with Crippen molar-refractivity contribution >= 4 is 0 Å². The zero-order chi connectivity index (χ0) is 11.2. The fourth-order valence-electron chi connectivity index (χ4n) is 2.31. The molecule has 1 atom stereocenters. The molecule has 16 heavy (non-hydrogen) atoms. The molecule has 1 aromatic rings. The maximum absolute atomic E-state index is 4.25. The number of aryl methyl sites for hydroxylation is 1. The second kappa shape index (κ2) is 5.99. The van der Waals surface area contributed by atoms with Crippen LogP contribution in [0.3, 0.4) is 0 Å². The van der Waals surface area contributed by atoms with Gasteiger partial charge in [0.15, 0.2) is 0 Å². The second-order valence-corrected chi connectivity index (χ2v) is 4.71. The molecule has 2 rings (SSSR count). The minimum Gasteiger partial charge on any atom is -0.318 e. The lowest BCUT2D eigenvalue weighted by Gasteiger charge is -2.22. The van der Waals surface area contributed by atoms with Gasteiger partial charge in [-0.05, 0) is 38.3 Å². The molecule has 2 heterocycles. The third-order valence-corrected chi connectivity index (χ3v) is 3.32. The molecule has 0 amide bonds. The summed E-state index contributed by atoms with van der Waals surface area (Å²) in [6, 6.07) is 0. The first-order valence-electron chi connectivity index (χ1n) is 6.47. The van der Waals surface area contributed by atoms with E-state index in [2.05, 4.69) is 27.0 Å². The van der Waals surface area contributed by atoms with Crippen LogP contribution in [0.2, 0.25) is 0 Å². The Bertz CT molecular complexity index is 302. The number of rotatable bonds is 5. The van der Waals surface area contributed by atoms with E-state index in [0.29, 0.717) is 0 Å². The Kier molecular flexibility index (Phi) is 4.34. The Hall–Kier alpha value is -0.900. The van der Waals surface area contributed by atoms with Gasteiger partial charge >= 0.3 is 0 Å². The van der Waals surface area contributed by atoms with Crippen molar-refractivity contribution in [1.29, 1.82) is 0 Å². The lowest BCUT2D eigenvalue weighted by molar-refractivity contribution is 0.365. The standard InChI is InChI=1S/C12H22N4/c1-2-3-7-16-10-14-15-12(16)8-11-5-4-6-13-9-11/h10-11,13H,2-9H2,1H3. The van der Waals surface area contributed by atoms with Crippen molar-refractivity contribution in [2.45, 2.75) is 45.6 Å². The highest BCUT2D eigenvalue weighted by Gasteiger charge is 2.16. The molecule has 4 heteroatoms. The van der Waals surface area contributed by atoms with Crippen LogP contribution in [0.1, 0.15) is 38.4 Å². The fraction of sp³-hybridized carbons (Fsp3) is 0.833. The normalized spacial score (nSPS) is 21.2. The summed E-state index contributed by atoms with van der Waals surface area (Å²) in [5.74, 6) is 1.92. The number of hydrogen-bond acceptors (Lipinski definition) is 3. The van der Waals surface area contributed by atoms with Crippen molar-refractivity contribution in [3.05, 3.63) is 12.2 Å². The Labute approximate surface area is 97.5 Å². The molecule has 1 fully saturated rings. The average molecular weight is 222 g/mol. The van der Waals surface area contributed by atoms with Crippen LogP contribution in [0.15, 0.2) is 6.33 Å². The summed E-state index contributed by atoms with van der Waals surface area (Å²) in [6.07, 6.45) is 8.02. The van der Waals surface area contributed by atoms with Gasteiger partial charge in [-0.2, -0.15) is 0 Å². The molecule has 1 saturated heterocycles. The van der Waals surface area contributed by atoms with Gasteiger partial charge in [0.1, 0.15) is 12.2 Å². The van der Waals surface area contributed by atoms with Crippen molar-refractivity contribution < 1.29 is 0 Å². The summed E-state index contributed by atoms with van der Waals surface area (Å²) in [4.78, 5) is 0. The molecule has 0 aliphatic carbocycles. The van der Waals surface area contributed by atoms with E-state index in [-0.39, 0.29) is 0 Å².